The van der Waals surface area contributed by atoms with Crippen LogP contribution in [0.5, 0.6) is 0 Å². The molecule has 0 heterocycles. The molecule has 0 rings (SSSR count). The minimum absolute atomic E-state index is 0. The Kier molecular flexibility index (Phi) is 16600. The van der Waals surface area contributed by atoms with Gasteiger partial charge < -0.3 is 10.6 Å². The van der Waals surface area contributed by atoms with Gasteiger partial charge in [0.1, 0.15) is 0 Å². The van der Waals surface area contributed by atoms with Crippen molar-refractivity contribution in [2.24, 2.45) is 0 Å². The summed E-state index contributed by atoms with van der Waals surface area (Å²) in [5.74, 6) is 0. The van der Waals surface area contributed by atoms with Gasteiger partial charge in [0.2, 0.25) is 0 Å². The molecule has 3 N–H and O–H groups in total. The lowest BCUT2D eigenvalue weighted by Crippen LogP contribution is -1.25. The molecule has 0 amide bonds. The molecule has 0 aromatic heterocycles. The molecular weight excluding hydrogens is 56.0 g/mol. The first-order valence-corrected chi connectivity index (χ1v) is 0.447. The maximum absolute atomic E-state index is 7.00. The number of aliphatic hydroxyl groups excluding tert-OH is 1. The fraction of sp³-hybridized carbons (Fsp3) is 0.500. The van der Waals surface area contributed by atoms with Gasteiger partial charge in [-0.3, -0.25) is 0 Å². The molecule has 4 heavy (non-hydrogen) atoms. The second-order valence-electron chi connectivity index (χ2n) is 0. The van der Waals surface area contributed by atoms with Crippen molar-refractivity contribution < 1.29 is 10.6 Å². The van der Waals surface area contributed by atoms with Crippen molar-refractivity contribution >= 4 is 0 Å². The second-order valence-corrected chi connectivity index (χ2v) is 0. The molecule has 2 nitrogen and oxygen atoms in total. The summed E-state index contributed by atoms with van der Waals surface area (Å²) in [6, 6.07) is 0. The quantitative estimate of drug-likeness (QED) is 0.390. The number of hydrogen-bond donors (Lipinski definition) is 1. The Morgan fingerprint density at radius 3 is 1.25 bits per heavy atom. The van der Waals surface area contributed by atoms with Crippen LogP contribution in [0.2, 0.25) is 0 Å². The van der Waals surface area contributed by atoms with Gasteiger partial charge in [-0.2, -0.15) is 0 Å². The zero-order valence-electron chi connectivity index (χ0n) is 2.65. The molecule has 2 radical (unpaired) electrons. The molecule has 0 aromatic carbocycles. The largest absolute Gasteiger partial charge is 0.412 e. The highest BCUT2D eigenvalue weighted by molar-refractivity contribution is 3.24. The molecule has 2 heteroatoms. The van der Waals surface area contributed by atoms with E-state index in [2.05, 4.69) is 0 Å². The molecule has 0 saturated carbocycles. The average Bonchev–Trinajstić information content (AvgIpc) is 1.00. The van der Waals surface area contributed by atoms with Crippen LogP contribution in [0.25, 0.3) is 0 Å². The molecule has 0 fully saturated rings. The van der Waals surface area contributed by atoms with Gasteiger partial charge in [-0.25, -0.2) is 0 Å². The van der Waals surface area contributed by atoms with Crippen LogP contribution in [0, 0.1) is 7.43 Å². The zero-order valence-corrected chi connectivity index (χ0v) is 2.65. The SMILES string of the molecule is CO.O.[CH2]. The summed E-state index contributed by atoms with van der Waals surface area (Å²) in [7, 11) is 1.00. The molecular formula is C2H8O2. The molecule has 0 aromatic rings. The highest BCUT2D eigenvalue weighted by atomic mass is 16.2. The summed E-state index contributed by atoms with van der Waals surface area (Å²) >= 11 is 0. The third kappa shape index (κ3) is 254. The smallest absolute Gasteiger partial charge is 0.0319 e. The Hall–Kier alpha value is -0.0800. The van der Waals surface area contributed by atoms with Crippen LogP contribution in [0.15, 0.2) is 0 Å². The standard InChI is InChI=1S/CH4O.CH2.H2O/c1-2;;/h2H,1H3;2*1H2. The highest BCUT2D eigenvalue weighted by Crippen LogP contribution is 0.755. The Morgan fingerprint density at radius 1 is 1.25 bits per heavy atom. The minimum Gasteiger partial charge on any atom is -0.412 e. The van der Waals surface area contributed by atoms with Crippen LogP contribution in [-0.4, -0.2) is 17.7 Å². The molecule has 0 aliphatic heterocycles. The van der Waals surface area contributed by atoms with Crippen molar-refractivity contribution in [2.75, 3.05) is 7.11 Å². The number of aliphatic hydroxyl groups is 1. The predicted octanol–water partition coefficient (Wildman–Crippen LogP) is -0.889. The van der Waals surface area contributed by atoms with E-state index in [-0.39, 0.29) is 12.9 Å². The molecule has 0 aliphatic rings. The Bertz CT molecular complexity index is 4.00. The van der Waals surface area contributed by atoms with E-state index in [9.17, 15) is 0 Å². The Labute approximate surface area is 26.4 Å². The lowest BCUT2D eigenvalue weighted by Gasteiger charge is -1.21. The maximum Gasteiger partial charge on any atom is 0.0319 e. The van der Waals surface area contributed by atoms with E-state index in [0.717, 1.165) is 7.11 Å². The normalized spacial score (nSPS) is 1.50. The fourth-order valence-corrected chi connectivity index (χ4v) is 0. The van der Waals surface area contributed by atoms with Gasteiger partial charge in [0.05, 0.1) is 0 Å². The molecule has 0 saturated heterocycles. The van der Waals surface area contributed by atoms with E-state index in [1.165, 1.54) is 0 Å². The van der Waals surface area contributed by atoms with Gasteiger partial charge in [-0.15, -0.1) is 0 Å². The topological polar surface area (TPSA) is 51.7 Å². The third-order valence-electron chi connectivity index (χ3n) is 0. The van der Waals surface area contributed by atoms with E-state index in [1.54, 1.807) is 0 Å². The summed E-state index contributed by atoms with van der Waals surface area (Å²) in [5.41, 5.74) is 0. The van der Waals surface area contributed by atoms with Crippen molar-refractivity contribution in [3.8, 4) is 0 Å². The van der Waals surface area contributed by atoms with Crippen molar-refractivity contribution in [2.45, 2.75) is 0 Å². The van der Waals surface area contributed by atoms with Gasteiger partial charge >= 0.3 is 0 Å². The van der Waals surface area contributed by atoms with Crippen LogP contribution in [-0.2, 0) is 0 Å². The summed E-state index contributed by atoms with van der Waals surface area (Å²) < 4.78 is 0. The lowest BCUT2D eigenvalue weighted by molar-refractivity contribution is 0.399. The predicted molar refractivity (Wildman–Crippen MR) is 17.1 cm³/mol. The summed E-state index contributed by atoms with van der Waals surface area (Å²) in [6.45, 7) is 0. The minimum atomic E-state index is 0. The van der Waals surface area contributed by atoms with E-state index < -0.39 is 0 Å². The zero-order chi connectivity index (χ0) is 2.00. The van der Waals surface area contributed by atoms with E-state index >= 15 is 0 Å². The number of rotatable bonds is 0. The highest BCUT2D eigenvalue weighted by Gasteiger charge is 0.839. The van der Waals surface area contributed by atoms with E-state index in [0.29, 0.717) is 0 Å². The molecule has 28 valence electrons. The number of hydrogen-bond acceptors (Lipinski definition) is 1. The van der Waals surface area contributed by atoms with E-state index in [1.807, 2.05) is 0 Å². The summed E-state index contributed by atoms with van der Waals surface area (Å²) in [4.78, 5) is 0. The first-order chi connectivity index (χ1) is 1.00. The third-order valence-corrected chi connectivity index (χ3v) is 0. The van der Waals surface area contributed by atoms with Crippen LogP contribution < -0.4 is 0 Å². The van der Waals surface area contributed by atoms with Gasteiger partial charge in [0.25, 0.3) is 0 Å². The van der Waals surface area contributed by atoms with Crippen molar-refractivity contribution in [3.63, 3.8) is 0 Å². The Morgan fingerprint density at radius 2 is 1.25 bits per heavy atom. The van der Waals surface area contributed by atoms with Gasteiger partial charge in [0, 0.05) is 7.11 Å². The van der Waals surface area contributed by atoms with Crippen LogP contribution in [0.1, 0.15) is 0 Å². The molecule has 0 atom stereocenters. The van der Waals surface area contributed by atoms with Crippen LogP contribution >= 0.6 is 0 Å². The lowest BCUT2D eigenvalue weighted by atomic mass is 11.8. The second kappa shape index (κ2) is 1680. The summed E-state index contributed by atoms with van der Waals surface area (Å²) in [6.07, 6.45) is 0. The molecule has 0 spiro atoms. The van der Waals surface area contributed by atoms with E-state index in [4.69, 9.17) is 5.11 Å². The van der Waals surface area contributed by atoms with Crippen LogP contribution in [0.4, 0.5) is 0 Å². The monoisotopic (exact) mass is 64.1 g/mol. The molecule has 0 unspecified atom stereocenters. The maximum atomic E-state index is 7.00. The Balaban J connectivity index is -0.00000000500. The van der Waals surface area contributed by atoms with Crippen molar-refractivity contribution in [1.82, 2.24) is 0 Å². The van der Waals surface area contributed by atoms with Crippen molar-refractivity contribution in [3.05, 3.63) is 7.43 Å². The van der Waals surface area contributed by atoms with Gasteiger partial charge in [0.15, 0.2) is 0 Å². The van der Waals surface area contributed by atoms with Crippen LogP contribution in [0.3, 0.4) is 0 Å². The fourth-order valence-electron chi connectivity index (χ4n) is 0. The van der Waals surface area contributed by atoms with Crippen molar-refractivity contribution in [1.29, 1.82) is 0 Å². The molecule has 0 aliphatic carbocycles. The first-order valence-electron chi connectivity index (χ1n) is 0.447. The van der Waals surface area contributed by atoms with Gasteiger partial charge in [-0.05, 0) is 0 Å². The van der Waals surface area contributed by atoms with Gasteiger partial charge in [-0.1, -0.05) is 7.43 Å². The molecule has 0 bridgehead atoms. The first kappa shape index (κ1) is 39.5. The summed E-state index contributed by atoms with van der Waals surface area (Å²) in [5, 5.41) is 7.00. The average molecular weight is 64.1 g/mol.